The van der Waals surface area contributed by atoms with Gasteiger partial charge in [0.1, 0.15) is 0 Å². The third-order valence-electron chi connectivity index (χ3n) is 3.66. The van der Waals surface area contributed by atoms with Crippen molar-refractivity contribution in [2.45, 2.75) is 17.4 Å². The van der Waals surface area contributed by atoms with Crippen LogP contribution in [0.5, 0.6) is 0 Å². The van der Waals surface area contributed by atoms with Gasteiger partial charge in [-0.1, -0.05) is 18.2 Å². The summed E-state index contributed by atoms with van der Waals surface area (Å²) in [6.45, 7) is 0.853. The zero-order chi connectivity index (χ0) is 16.0. The van der Waals surface area contributed by atoms with Crippen molar-refractivity contribution in [2.24, 2.45) is 0 Å². The van der Waals surface area contributed by atoms with E-state index in [9.17, 15) is 13.2 Å². The van der Waals surface area contributed by atoms with Crippen LogP contribution in [0.4, 0.5) is 0 Å². The number of hydrogen-bond acceptors (Lipinski definition) is 5. The van der Waals surface area contributed by atoms with Crippen LogP contribution >= 0.6 is 11.8 Å². The summed E-state index contributed by atoms with van der Waals surface area (Å²) in [6, 6.07) is 10.0. The zero-order valence-electron chi connectivity index (χ0n) is 12.7. The van der Waals surface area contributed by atoms with E-state index in [4.69, 9.17) is 0 Å². The van der Waals surface area contributed by atoms with Crippen LogP contribution in [-0.4, -0.2) is 62.7 Å². The minimum absolute atomic E-state index is 0.0329. The molecule has 0 aliphatic carbocycles. The van der Waals surface area contributed by atoms with Gasteiger partial charge in [0.25, 0.3) is 0 Å². The Hall–Kier alpha value is -1.05. The summed E-state index contributed by atoms with van der Waals surface area (Å²) < 4.78 is 22.9. The van der Waals surface area contributed by atoms with Gasteiger partial charge in [0.15, 0.2) is 9.84 Å². The van der Waals surface area contributed by atoms with Crippen molar-refractivity contribution in [1.82, 2.24) is 10.2 Å². The molecule has 1 saturated heterocycles. The predicted octanol–water partition coefficient (Wildman–Crippen LogP) is 1.01. The molecule has 1 amide bonds. The van der Waals surface area contributed by atoms with E-state index in [1.807, 2.05) is 42.3 Å². The molecule has 0 aromatic heterocycles. The van der Waals surface area contributed by atoms with Gasteiger partial charge in [-0.2, -0.15) is 0 Å². The van der Waals surface area contributed by atoms with Crippen LogP contribution in [0.15, 0.2) is 35.2 Å². The molecule has 1 aromatic rings. The van der Waals surface area contributed by atoms with E-state index in [2.05, 4.69) is 5.32 Å². The van der Waals surface area contributed by atoms with Crippen molar-refractivity contribution < 1.29 is 13.2 Å². The molecular weight excluding hydrogens is 320 g/mol. The largest absolute Gasteiger partial charge is 0.354 e. The summed E-state index contributed by atoms with van der Waals surface area (Å²) in [5.41, 5.74) is 0. The monoisotopic (exact) mass is 342 g/mol. The van der Waals surface area contributed by atoms with Gasteiger partial charge in [0, 0.05) is 23.2 Å². The molecule has 2 rings (SSSR count). The average molecular weight is 342 g/mol. The number of thioether (sulfide) groups is 1. The van der Waals surface area contributed by atoms with Gasteiger partial charge < -0.3 is 5.32 Å². The fourth-order valence-corrected chi connectivity index (χ4v) is 5.01. The number of nitrogens with one attached hydrogen (secondary N) is 1. The Morgan fingerprint density at radius 2 is 2.09 bits per heavy atom. The molecule has 7 heteroatoms. The van der Waals surface area contributed by atoms with E-state index in [-0.39, 0.29) is 30.0 Å². The van der Waals surface area contributed by atoms with Crippen molar-refractivity contribution in [3.05, 3.63) is 30.3 Å². The highest BCUT2D eigenvalue weighted by molar-refractivity contribution is 7.99. The minimum atomic E-state index is -2.90. The molecular formula is C15H22N2O3S2. The highest BCUT2D eigenvalue weighted by Crippen LogP contribution is 2.17. The van der Waals surface area contributed by atoms with Crippen LogP contribution in [0.1, 0.15) is 6.42 Å². The molecule has 0 bridgehead atoms. The lowest BCUT2D eigenvalue weighted by atomic mass is 10.2. The lowest BCUT2D eigenvalue weighted by Crippen LogP contribution is -2.41. The van der Waals surface area contributed by atoms with Crippen LogP contribution in [0.2, 0.25) is 0 Å². The number of carbonyl (C=O) groups excluding carboxylic acids is 1. The smallest absolute Gasteiger partial charge is 0.234 e. The molecule has 1 unspecified atom stereocenters. The first-order valence-corrected chi connectivity index (χ1v) is 10.1. The SMILES string of the molecule is CN(CC(=O)NCCSc1ccccc1)C1CCS(=O)(=O)C1. The number of nitrogens with zero attached hydrogens (tertiary/aromatic N) is 1. The summed E-state index contributed by atoms with van der Waals surface area (Å²) in [5, 5.41) is 2.88. The Morgan fingerprint density at radius 1 is 1.36 bits per heavy atom. The Labute approximate surface area is 136 Å². The van der Waals surface area contributed by atoms with Gasteiger partial charge in [-0.3, -0.25) is 9.69 Å². The summed E-state index contributed by atoms with van der Waals surface area (Å²) in [5.74, 6) is 1.16. The first kappa shape index (κ1) is 17.3. The second kappa shape index (κ2) is 7.99. The predicted molar refractivity (Wildman–Crippen MR) is 89.9 cm³/mol. The molecule has 5 nitrogen and oxygen atoms in total. The second-order valence-electron chi connectivity index (χ2n) is 5.48. The third kappa shape index (κ3) is 5.62. The van der Waals surface area contributed by atoms with E-state index in [1.165, 1.54) is 4.90 Å². The quantitative estimate of drug-likeness (QED) is 0.592. The van der Waals surface area contributed by atoms with Crippen molar-refractivity contribution in [2.75, 3.05) is 37.4 Å². The fourth-order valence-electron chi connectivity index (χ4n) is 2.41. The van der Waals surface area contributed by atoms with Crippen LogP contribution in [-0.2, 0) is 14.6 Å². The molecule has 22 heavy (non-hydrogen) atoms. The second-order valence-corrected chi connectivity index (χ2v) is 8.88. The molecule has 1 fully saturated rings. The van der Waals surface area contributed by atoms with Crippen molar-refractivity contribution in [3.8, 4) is 0 Å². The molecule has 1 aliphatic heterocycles. The van der Waals surface area contributed by atoms with Gasteiger partial charge in [-0.25, -0.2) is 8.42 Å². The number of rotatable bonds is 7. The summed E-state index contributed by atoms with van der Waals surface area (Å²) >= 11 is 1.70. The number of amides is 1. The van der Waals surface area contributed by atoms with Crippen molar-refractivity contribution in [3.63, 3.8) is 0 Å². The van der Waals surface area contributed by atoms with Gasteiger partial charge in [-0.05, 0) is 25.6 Å². The Bertz CT molecular complexity index is 590. The molecule has 1 aromatic carbocycles. The van der Waals surface area contributed by atoms with E-state index >= 15 is 0 Å². The van der Waals surface area contributed by atoms with E-state index in [0.29, 0.717) is 13.0 Å². The van der Waals surface area contributed by atoms with Gasteiger partial charge in [0.05, 0.1) is 18.1 Å². The standard InChI is InChI=1S/C15H22N2O3S2/c1-17(13-7-10-22(19,20)12-13)11-15(18)16-8-9-21-14-5-3-2-4-6-14/h2-6,13H,7-12H2,1H3,(H,16,18). The molecule has 1 heterocycles. The lowest BCUT2D eigenvalue weighted by Gasteiger charge is -2.22. The fraction of sp³-hybridized carbons (Fsp3) is 0.533. The molecule has 1 N–H and O–H groups in total. The third-order valence-corrected chi connectivity index (χ3v) is 6.43. The van der Waals surface area contributed by atoms with Gasteiger partial charge in [-0.15, -0.1) is 11.8 Å². The minimum Gasteiger partial charge on any atom is -0.354 e. The Kier molecular flexibility index (Phi) is 6.28. The number of hydrogen-bond donors (Lipinski definition) is 1. The van der Waals surface area contributed by atoms with E-state index in [0.717, 1.165) is 5.75 Å². The number of benzene rings is 1. The molecule has 122 valence electrons. The first-order valence-electron chi connectivity index (χ1n) is 7.31. The zero-order valence-corrected chi connectivity index (χ0v) is 14.3. The van der Waals surface area contributed by atoms with Crippen molar-refractivity contribution >= 4 is 27.5 Å². The Balaban J connectivity index is 1.63. The molecule has 0 spiro atoms. The van der Waals surface area contributed by atoms with E-state index in [1.54, 1.807) is 11.8 Å². The van der Waals surface area contributed by atoms with Crippen LogP contribution in [0.3, 0.4) is 0 Å². The first-order chi connectivity index (χ1) is 10.5. The molecule has 1 aliphatic rings. The Morgan fingerprint density at radius 3 is 2.73 bits per heavy atom. The van der Waals surface area contributed by atoms with Crippen LogP contribution < -0.4 is 5.32 Å². The maximum atomic E-state index is 11.9. The van der Waals surface area contributed by atoms with Gasteiger partial charge >= 0.3 is 0 Å². The summed E-state index contributed by atoms with van der Waals surface area (Å²) in [6.07, 6.45) is 0.621. The molecule has 1 atom stereocenters. The van der Waals surface area contributed by atoms with Crippen LogP contribution in [0.25, 0.3) is 0 Å². The summed E-state index contributed by atoms with van der Waals surface area (Å²) in [4.78, 5) is 14.9. The van der Waals surface area contributed by atoms with E-state index < -0.39 is 9.84 Å². The molecule has 0 radical (unpaired) electrons. The maximum absolute atomic E-state index is 11.9. The summed E-state index contributed by atoms with van der Waals surface area (Å²) in [7, 11) is -1.10. The van der Waals surface area contributed by atoms with Crippen molar-refractivity contribution in [1.29, 1.82) is 0 Å². The normalized spacial score (nSPS) is 20.2. The maximum Gasteiger partial charge on any atom is 0.234 e. The number of sulfone groups is 1. The number of likely N-dealkylation sites (N-methyl/N-ethyl adjacent to an activating group) is 1. The highest BCUT2D eigenvalue weighted by atomic mass is 32.2. The topological polar surface area (TPSA) is 66.5 Å². The van der Waals surface area contributed by atoms with Gasteiger partial charge in [0.2, 0.25) is 5.91 Å². The molecule has 0 saturated carbocycles. The average Bonchev–Trinajstić information content (AvgIpc) is 2.85. The lowest BCUT2D eigenvalue weighted by molar-refractivity contribution is -0.122. The number of carbonyl (C=O) groups is 1. The van der Waals surface area contributed by atoms with Crippen LogP contribution in [0, 0.1) is 0 Å². The highest BCUT2D eigenvalue weighted by Gasteiger charge is 2.31.